The number of hydrogen-bond acceptors (Lipinski definition) is 3. The number of pyridine rings is 1. The Morgan fingerprint density at radius 3 is 2.53 bits per heavy atom. The molecule has 0 radical (unpaired) electrons. The van der Waals surface area contributed by atoms with Gasteiger partial charge in [-0.1, -0.05) is 6.92 Å². The van der Waals surface area contributed by atoms with Gasteiger partial charge in [0.15, 0.2) is 0 Å². The molecule has 1 rings (SSSR count). The van der Waals surface area contributed by atoms with E-state index in [0.717, 1.165) is 25.2 Å². The SMILES string of the molecule is CCCN(CC)c1ccc(C(C)N)nc1. The maximum Gasteiger partial charge on any atom is 0.0569 e. The smallest absolute Gasteiger partial charge is 0.0569 e. The summed E-state index contributed by atoms with van der Waals surface area (Å²) in [6.07, 6.45) is 3.07. The summed E-state index contributed by atoms with van der Waals surface area (Å²) in [5.41, 5.74) is 7.89. The maximum absolute atomic E-state index is 5.75. The molecule has 0 aliphatic carbocycles. The highest BCUT2D eigenvalue weighted by molar-refractivity contribution is 5.44. The lowest BCUT2D eigenvalue weighted by Crippen LogP contribution is -2.23. The average Bonchev–Trinajstić information content (AvgIpc) is 2.26. The van der Waals surface area contributed by atoms with Crippen molar-refractivity contribution in [3.63, 3.8) is 0 Å². The minimum absolute atomic E-state index is 0.0142. The monoisotopic (exact) mass is 207 g/mol. The molecule has 0 aliphatic heterocycles. The quantitative estimate of drug-likeness (QED) is 0.805. The van der Waals surface area contributed by atoms with Gasteiger partial charge in [-0.05, 0) is 32.4 Å². The highest BCUT2D eigenvalue weighted by Crippen LogP contribution is 2.15. The number of aromatic nitrogens is 1. The molecule has 84 valence electrons. The third kappa shape index (κ3) is 3.20. The molecule has 15 heavy (non-hydrogen) atoms. The molecule has 2 N–H and O–H groups in total. The molecule has 0 aromatic carbocycles. The van der Waals surface area contributed by atoms with Crippen LogP contribution in [-0.4, -0.2) is 18.1 Å². The van der Waals surface area contributed by atoms with Crippen LogP contribution >= 0.6 is 0 Å². The van der Waals surface area contributed by atoms with E-state index in [1.54, 1.807) is 0 Å². The van der Waals surface area contributed by atoms with Crippen molar-refractivity contribution < 1.29 is 0 Å². The Kier molecular flexibility index (Phi) is 4.56. The molecule has 3 heteroatoms. The second kappa shape index (κ2) is 5.71. The highest BCUT2D eigenvalue weighted by Gasteiger charge is 2.05. The van der Waals surface area contributed by atoms with E-state index >= 15 is 0 Å². The maximum atomic E-state index is 5.75. The molecule has 3 nitrogen and oxygen atoms in total. The van der Waals surface area contributed by atoms with Crippen molar-refractivity contribution in [1.29, 1.82) is 0 Å². The van der Waals surface area contributed by atoms with E-state index in [1.807, 2.05) is 19.2 Å². The zero-order chi connectivity index (χ0) is 11.3. The highest BCUT2D eigenvalue weighted by atomic mass is 15.1. The minimum Gasteiger partial charge on any atom is -0.371 e. The molecule has 1 aromatic heterocycles. The van der Waals surface area contributed by atoms with Gasteiger partial charge in [-0.3, -0.25) is 4.98 Å². The fourth-order valence-electron chi connectivity index (χ4n) is 1.59. The number of hydrogen-bond donors (Lipinski definition) is 1. The Bertz CT molecular complexity index is 279. The molecule has 1 unspecified atom stereocenters. The van der Waals surface area contributed by atoms with Crippen molar-refractivity contribution in [1.82, 2.24) is 4.98 Å². The van der Waals surface area contributed by atoms with E-state index in [4.69, 9.17) is 5.73 Å². The van der Waals surface area contributed by atoms with E-state index in [0.29, 0.717) is 0 Å². The summed E-state index contributed by atoms with van der Waals surface area (Å²) in [6.45, 7) is 8.40. The first-order valence-corrected chi connectivity index (χ1v) is 5.65. The molecular weight excluding hydrogens is 186 g/mol. The van der Waals surface area contributed by atoms with Crippen LogP contribution in [0.4, 0.5) is 5.69 Å². The van der Waals surface area contributed by atoms with Crippen LogP contribution in [0.2, 0.25) is 0 Å². The van der Waals surface area contributed by atoms with Crippen LogP contribution in [0.3, 0.4) is 0 Å². The van der Waals surface area contributed by atoms with Crippen molar-refractivity contribution >= 4 is 5.69 Å². The molecule has 0 saturated carbocycles. The Morgan fingerprint density at radius 1 is 1.40 bits per heavy atom. The molecule has 1 atom stereocenters. The molecular formula is C12H21N3. The first-order chi connectivity index (χ1) is 7.19. The predicted octanol–water partition coefficient (Wildman–Crippen LogP) is 2.34. The molecule has 0 aliphatic rings. The fourth-order valence-corrected chi connectivity index (χ4v) is 1.59. The van der Waals surface area contributed by atoms with Gasteiger partial charge in [0.2, 0.25) is 0 Å². The van der Waals surface area contributed by atoms with Crippen LogP contribution in [0, 0.1) is 0 Å². The summed E-state index contributed by atoms with van der Waals surface area (Å²) < 4.78 is 0. The van der Waals surface area contributed by atoms with Gasteiger partial charge in [-0.15, -0.1) is 0 Å². The Morgan fingerprint density at radius 2 is 2.13 bits per heavy atom. The van der Waals surface area contributed by atoms with E-state index in [1.165, 1.54) is 5.69 Å². The predicted molar refractivity (Wildman–Crippen MR) is 65.0 cm³/mol. The van der Waals surface area contributed by atoms with Gasteiger partial charge in [-0.2, -0.15) is 0 Å². The molecule has 0 fully saturated rings. The van der Waals surface area contributed by atoms with Gasteiger partial charge < -0.3 is 10.6 Å². The standard InChI is InChI=1S/C12H21N3/c1-4-8-15(5-2)11-6-7-12(10(3)13)14-9-11/h6-7,9-10H,4-5,8,13H2,1-3H3. The third-order valence-electron chi connectivity index (χ3n) is 2.48. The van der Waals surface area contributed by atoms with Crippen LogP contribution in [0.1, 0.15) is 38.9 Å². The minimum atomic E-state index is 0.0142. The largest absolute Gasteiger partial charge is 0.371 e. The van der Waals surface area contributed by atoms with Crippen LogP contribution in [0.25, 0.3) is 0 Å². The molecule has 1 aromatic rings. The van der Waals surface area contributed by atoms with E-state index < -0.39 is 0 Å². The van der Waals surface area contributed by atoms with Crippen molar-refractivity contribution in [3.05, 3.63) is 24.0 Å². The molecule has 0 bridgehead atoms. The number of rotatable bonds is 5. The van der Waals surface area contributed by atoms with E-state index in [9.17, 15) is 0 Å². The van der Waals surface area contributed by atoms with Crippen LogP contribution in [-0.2, 0) is 0 Å². The second-order valence-corrected chi connectivity index (χ2v) is 3.81. The lowest BCUT2D eigenvalue weighted by Gasteiger charge is -2.22. The molecule has 0 saturated heterocycles. The summed E-state index contributed by atoms with van der Waals surface area (Å²) in [5, 5.41) is 0. The van der Waals surface area contributed by atoms with Crippen molar-refractivity contribution in [3.8, 4) is 0 Å². The Balaban J connectivity index is 2.77. The Hall–Kier alpha value is -1.09. The Labute approximate surface area is 92.3 Å². The van der Waals surface area contributed by atoms with Gasteiger partial charge in [0, 0.05) is 19.1 Å². The number of nitrogens with two attached hydrogens (primary N) is 1. The molecule has 0 spiro atoms. The van der Waals surface area contributed by atoms with E-state index in [2.05, 4.69) is 29.8 Å². The lowest BCUT2D eigenvalue weighted by atomic mass is 10.2. The third-order valence-corrected chi connectivity index (χ3v) is 2.48. The van der Waals surface area contributed by atoms with Gasteiger partial charge in [0.1, 0.15) is 0 Å². The average molecular weight is 207 g/mol. The molecule has 0 amide bonds. The summed E-state index contributed by atoms with van der Waals surface area (Å²) in [6, 6.07) is 4.13. The van der Waals surface area contributed by atoms with Gasteiger partial charge in [0.25, 0.3) is 0 Å². The van der Waals surface area contributed by atoms with Crippen LogP contribution in [0.5, 0.6) is 0 Å². The summed E-state index contributed by atoms with van der Waals surface area (Å²) in [7, 11) is 0. The van der Waals surface area contributed by atoms with Crippen molar-refractivity contribution in [2.75, 3.05) is 18.0 Å². The van der Waals surface area contributed by atoms with E-state index in [-0.39, 0.29) is 6.04 Å². The second-order valence-electron chi connectivity index (χ2n) is 3.81. The number of anilines is 1. The zero-order valence-electron chi connectivity index (χ0n) is 9.90. The normalized spacial score (nSPS) is 12.5. The first-order valence-electron chi connectivity index (χ1n) is 5.65. The number of nitrogens with zero attached hydrogens (tertiary/aromatic N) is 2. The van der Waals surface area contributed by atoms with Gasteiger partial charge in [-0.25, -0.2) is 0 Å². The van der Waals surface area contributed by atoms with Crippen LogP contribution < -0.4 is 10.6 Å². The first kappa shape index (κ1) is 12.0. The molecule has 1 heterocycles. The summed E-state index contributed by atoms with van der Waals surface area (Å²) in [4.78, 5) is 6.68. The van der Waals surface area contributed by atoms with Crippen molar-refractivity contribution in [2.45, 2.75) is 33.2 Å². The zero-order valence-corrected chi connectivity index (χ0v) is 9.90. The summed E-state index contributed by atoms with van der Waals surface area (Å²) >= 11 is 0. The summed E-state index contributed by atoms with van der Waals surface area (Å²) in [5.74, 6) is 0. The fraction of sp³-hybridized carbons (Fsp3) is 0.583. The lowest BCUT2D eigenvalue weighted by molar-refractivity contribution is 0.767. The van der Waals surface area contributed by atoms with Gasteiger partial charge >= 0.3 is 0 Å². The topological polar surface area (TPSA) is 42.1 Å². The van der Waals surface area contributed by atoms with Gasteiger partial charge in [0.05, 0.1) is 17.6 Å². The van der Waals surface area contributed by atoms with Crippen molar-refractivity contribution in [2.24, 2.45) is 5.73 Å². The van der Waals surface area contributed by atoms with Crippen LogP contribution in [0.15, 0.2) is 18.3 Å².